The Bertz CT molecular complexity index is 639. The van der Waals surface area contributed by atoms with E-state index < -0.39 is 28.2 Å². The maximum absolute atomic E-state index is 12.3. The van der Waals surface area contributed by atoms with Gasteiger partial charge in [0.2, 0.25) is 0 Å². The average molecular weight is 772 g/mol. The fraction of sp³-hybridized carbons (Fsp3) is 0.857. The summed E-state index contributed by atoms with van der Waals surface area (Å²) in [6, 6.07) is 1.39. The second-order valence-electron chi connectivity index (χ2n) is 9.87. The molecule has 0 rings (SSSR count). The predicted molar refractivity (Wildman–Crippen MR) is 157 cm³/mol. The van der Waals surface area contributed by atoms with Crippen LogP contribution in [0.2, 0.25) is 23.2 Å². The van der Waals surface area contributed by atoms with Gasteiger partial charge < -0.3 is 17.7 Å². The van der Waals surface area contributed by atoms with E-state index in [2.05, 4.69) is 13.8 Å². The largest absolute Gasteiger partial charge is 2.00 e. The Morgan fingerprint density at radius 1 is 0.538 bits per heavy atom. The maximum Gasteiger partial charge on any atom is 2.00 e. The first-order valence-corrected chi connectivity index (χ1v) is 18.4. The number of ketones is 4. The molecule has 0 aromatic rings. The van der Waals surface area contributed by atoms with E-state index in [1.54, 1.807) is 28.4 Å². The van der Waals surface area contributed by atoms with Crippen molar-refractivity contribution in [1.29, 1.82) is 0 Å². The number of hydrogen-bond donors (Lipinski definition) is 0. The third-order valence-corrected chi connectivity index (χ3v) is 15.1. The Kier molecular flexibility index (Phi) is 26.8. The van der Waals surface area contributed by atoms with E-state index in [0.717, 1.165) is 51.4 Å². The van der Waals surface area contributed by atoms with Crippen LogP contribution < -0.4 is 0 Å². The van der Waals surface area contributed by atoms with Crippen molar-refractivity contribution in [3.63, 3.8) is 0 Å². The summed E-state index contributed by atoms with van der Waals surface area (Å²) in [5.74, 6) is -0.262. The fourth-order valence-corrected chi connectivity index (χ4v) is 11.6. The van der Waals surface area contributed by atoms with E-state index >= 15 is 0 Å². The molecule has 0 spiro atoms. The fourth-order valence-electron chi connectivity index (χ4n) is 4.74. The van der Waals surface area contributed by atoms with Gasteiger partial charge in [-0.05, 0) is 38.8 Å². The van der Waals surface area contributed by atoms with Crippen molar-refractivity contribution >= 4 is 40.3 Å². The van der Waals surface area contributed by atoms with Gasteiger partial charge in [0.15, 0.2) is 0 Å². The van der Waals surface area contributed by atoms with E-state index in [0.29, 0.717) is 24.9 Å². The summed E-state index contributed by atoms with van der Waals surface area (Å²) in [4.78, 5) is 48.5. The second-order valence-corrected chi connectivity index (χ2v) is 16.9. The maximum atomic E-state index is 12.3. The van der Waals surface area contributed by atoms with Crippen LogP contribution >= 0.6 is 0 Å². The zero-order chi connectivity index (χ0) is 29.8. The Balaban J connectivity index is -0.000000648. The van der Waals surface area contributed by atoms with Gasteiger partial charge in [0.05, 0.1) is 0 Å². The molecule has 0 aliphatic rings. The minimum atomic E-state index is -2.77. The third-order valence-electron chi connectivity index (χ3n) is 7.03. The van der Waals surface area contributed by atoms with Crippen LogP contribution in [0.25, 0.3) is 0 Å². The van der Waals surface area contributed by atoms with E-state index in [-0.39, 0.29) is 44.2 Å². The molecule has 0 fully saturated rings. The second kappa shape index (κ2) is 24.3. The summed E-state index contributed by atoms with van der Waals surface area (Å²) in [6.45, 7) is 11.2. The van der Waals surface area contributed by atoms with Gasteiger partial charge in [-0.15, -0.1) is 0 Å². The van der Waals surface area contributed by atoms with Gasteiger partial charge in [-0.2, -0.15) is 0 Å². The normalized spacial score (nSPS) is 13.0. The molecular weight excluding hydrogens is 716 g/mol. The van der Waals surface area contributed by atoms with E-state index in [1.807, 2.05) is 13.8 Å². The Labute approximate surface area is 254 Å². The van der Waals surface area contributed by atoms with Crippen LogP contribution in [0.5, 0.6) is 0 Å². The molecule has 0 bridgehead atoms. The van der Waals surface area contributed by atoms with E-state index in [9.17, 15) is 19.2 Å². The molecule has 39 heavy (non-hydrogen) atoms. The van der Waals surface area contributed by atoms with Crippen molar-refractivity contribution in [2.45, 2.75) is 129 Å². The minimum absolute atomic E-state index is 0. The first-order chi connectivity index (χ1) is 18.0. The first kappa shape index (κ1) is 43.1. The summed E-state index contributed by atoms with van der Waals surface area (Å²) in [5.41, 5.74) is -1.36. The molecule has 0 N–H and O–H groups in total. The molecule has 0 aromatic carbocycles. The molecule has 232 valence electrons. The summed E-state index contributed by atoms with van der Waals surface area (Å²) < 4.78 is 22.4. The standard InChI is InChI=1S/2C14H28O4Si.Pt/c2*1-6-8-10-13(16)14(12(3)15)19(17-4,18-5)11-9-7-2;/h2*14H,6-11H2,1-5H3;/q;;+2. The van der Waals surface area contributed by atoms with Gasteiger partial charge >= 0.3 is 38.2 Å². The summed E-state index contributed by atoms with van der Waals surface area (Å²) in [6.07, 6.45) is 8.22. The Hall–Kier alpha value is -0.358. The minimum Gasteiger partial charge on any atom is -0.397 e. The van der Waals surface area contributed by atoms with Crippen molar-refractivity contribution in [2.24, 2.45) is 0 Å². The summed E-state index contributed by atoms with van der Waals surface area (Å²) in [5, 5.41) is 0. The summed E-state index contributed by atoms with van der Waals surface area (Å²) in [7, 11) is 0.717. The van der Waals surface area contributed by atoms with Gasteiger partial charge in [0.1, 0.15) is 34.2 Å². The van der Waals surface area contributed by atoms with Crippen LogP contribution in [0, 0.1) is 0 Å². The molecule has 2 atom stereocenters. The van der Waals surface area contributed by atoms with Crippen LogP contribution in [-0.2, 0) is 57.9 Å². The molecule has 0 saturated heterocycles. The van der Waals surface area contributed by atoms with Gasteiger partial charge in [0.25, 0.3) is 0 Å². The summed E-state index contributed by atoms with van der Waals surface area (Å²) >= 11 is 0. The first-order valence-electron chi connectivity index (χ1n) is 14.2. The molecular formula is C28H56O8PtSi2+2. The molecule has 0 radical (unpaired) electrons. The molecule has 0 heterocycles. The van der Waals surface area contributed by atoms with Crippen molar-refractivity contribution in [2.75, 3.05) is 28.4 Å². The van der Waals surface area contributed by atoms with E-state index in [4.69, 9.17) is 17.7 Å². The number of rotatable bonds is 22. The smallest absolute Gasteiger partial charge is 0.397 e. The molecule has 11 heteroatoms. The number of hydrogen-bond acceptors (Lipinski definition) is 8. The predicted octanol–water partition coefficient (Wildman–Crippen LogP) is 6.48. The number of Topliss-reactive ketones (excluding diaryl/α,β-unsaturated/α-hetero) is 4. The van der Waals surface area contributed by atoms with Crippen molar-refractivity contribution in [3.05, 3.63) is 0 Å². The number of unbranched alkanes of at least 4 members (excludes halogenated alkanes) is 4. The van der Waals surface area contributed by atoms with Crippen LogP contribution in [0.4, 0.5) is 0 Å². The van der Waals surface area contributed by atoms with Crippen LogP contribution in [-0.4, -0.2) is 68.7 Å². The van der Waals surface area contributed by atoms with Crippen LogP contribution in [0.3, 0.4) is 0 Å². The SMILES string of the molecule is CCCCC(=O)C(C(C)=O)[Si](CCCC)(OC)OC.CCCCC(=O)C(C(C)=O)[Si](CCCC)(OC)OC.[Pt+2]. The van der Waals surface area contributed by atoms with Crippen molar-refractivity contribution < 1.29 is 57.9 Å². The zero-order valence-electron chi connectivity index (χ0n) is 26.2. The molecule has 8 nitrogen and oxygen atoms in total. The molecule has 0 aliphatic carbocycles. The van der Waals surface area contributed by atoms with Crippen molar-refractivity contribution in [3.8, 4) is 0 Å². The molecule has 0 amide bonds. The van der Waals surface area contributed by atoms with Gasteiger partial charge in [-0.1, -0.05) is 66.2 Å². The quantitative estimate of drug-likeness (QED) is 0.0911. The number of carbonyl (C=O) groups is 4. The molecule has 0 aromatic heterocycles. The zero-order valence-corrected chi connectivity index (χ0v) is 30.5. The Morgan fingerprint density at radius 3 is 0.974 bits per heavy atom. The van der Waals surface area contributed by atoms with Gasteiger partial charge in [-0.25, -0.2) is 0 Å². The van der Waals surface area contributed by atoms with Gasteiger partial charge in [-0.3, -0.25) is 19.2 Å². The molecule has 0 saturated carbocycles. The van der Waals surface area contributed by atoms with Crippen LogP contribution in [0.15, 0.2) is 0 Å². The van der Waals surface area contributed by atoms with Crippen molar-refractivity contribution in [1.82, 2.24) is 0 Å². The van der Waals surface area contributed by atoms with Gasteiger partial charge in [0, 0.05) is 41.3 Å². The topological polar surface area (TPSA) is 105 Å². The average Bonchev–Trinajstić information content (AvgIpc) is 2.90. The Morgan fingerprint density at radius 2 is 0.795 bits per heavy atom. The van der Waals surface area contributed by atoms with E-state index in [1.165, 1.54) is 13.8 Å². The third kappa shape index (κ3) is 14.4. The van der Waals surface area contributed by atoms with Crippen LogP contribution in [0.1, 0.15) is 106 Å². The molecule has 0 aliphatic heterocycles. The monoisotopic (exact) mass is 771 g/mol. The molecule has 2 unspecified atom stereocenters. The number of carbonyl (C=O) groups excluding carboxylic acids is 4.